The van der Waals surface area contributed by atoms with Crippen molar-refractivity contribution < 1.29 is 18.3 Å². The molecule has 1 amide bonds. The number of hydrogen-bond acceptors (Lipinski definition) is 3. The summed E-state index contributed by atoms with van der Waals surface area (Å²) in [7, 11) is 0. The number of hydrogen-bond donors (Lipinski definition) is 1. The maximum atomic E-state index is 12.0. The molecule has 1 N–H and O–H groups in total. The van der Waals surface area contributed by atoms with Crippen molar-refractivity contribution in [2.75, 3.05) is 13.2 Å². The third kappa shape index (κ3) is 6.04. The van der Waals surface area contributed by atoms with E-state index in [1.165, 1.54) is 18.2 Å². The molecule has 0 aromatic heterocycles. The van der Waals surface area contributed by atoms with E-state index in [0.29, 0.717) is 17.9 Å². The molecule has 4 nitrogen and oxygen atoms in total. The Balaban J connectivity index is 2.73. The average molecular weight is 294 g/mol. The van der Waals surface area contributed by atoms with E-state index in [1.54, 1.807) is 12.1 Å². The standard InChI is InChI=1S/C15H16F2N2O2/c1-2-7-19-15(20)12(9-18)8-11-3-5-13(6-4-11)21-10-14(16)17/h3-6,8,14H,2,7,10H2,1H3,(H,19,20)/b12-8+. The van der Waals surface area contributed by atoms with Crippen molar-refractivity contribution in [2.24, 2.45) is 0 Å². The Bertz CT molecular complexity index is 534. The van der Waals surface area contributed by atoms with Crippen LogP contribution in [0, 0.1) is 11.3 Å². The van der Waals surface area contributed by atoms with Crippen LogP contribution in [0.25, 0.3) is 6.08 Å². The Kier molecular flexibility index (Phi) is 6.88. The average Bonchev–Trinajstić information content (AvgIpc) is 2.49. The van der Waals surface area contributed by atoms with Gasteiger partial charge in [0.1, 0.15) is 24.0 Å². The normalized spacial score (nSPS) is 11.1. The maximum absolute atomic E-state index is 12.0. The molecule has 0 aliphatic heterocycles. The van der Waals surface area contributed by atoms with E-state index < -0.39 is 18.9 Å². The summed E-state index contributed by atoms with van der Waals surface area (Å²) in [6.07, 6.45) is -0.320. The van der Waals surface area contributed by atoms with Crippen molar-refractivity contribution in [1.82, 2.24) is 5.32 Å². The molecule has 21 heavy (non-hydrogen) atoms. The molecular formula is C15H16F2N2O2. The summed E-state index contributed by atoms with van der Waals surface area (Å²) < 4.78 is 28.8. The van der Waals surface area contributed by atoms with E-state index in [0.717, 1.165) is 6.42 Å². The first-order chi connectivity index (χ1) is 10.1. The van der Waals surface area contributed by atoms with Crippen LogP contribution in [-0.4, -0.2) is 25.5 Å². The smallest absolute Gasteiger partial charge is 0.272 e. The van der Waals surface area contributed by atoms with E-state index in [9.17, 15) is 13.6 Å². The van der Waals surface area contributed by atoms with Crippen LogP contribution in [0.4, 0.5) is 8.78 Å². The Morgan fingerprint density at radius 1 is 1.43 bits per heavy atom. The molecule has 0 aliphatic rings. The molecule has 0 spiro atoms. The highest BCUT2D eigenvalue weighted by Gasteiger charge is 2.08. The van der Waals surface area contributed by atoms with Crippen molar-refractivity contribution >= 4 is 12.0 Å². The minimum atomic E-state index is -2.53. The Hall–Kier alpha value is -2.42. The van der Waals surface area contributed by atoms with E-state index in [2.05, 4.69) is 5.32 Å². The first-order valence-electron chi connectivity index (χ1n) is 6.47. The lowest BCUT2D eigenvalue weighted by Gasteiger charge is -2.05. The van der Waals surface area contributed by atoms with Gasteiger partial charge in [-0.15, -0.1) is 0 Å². The summed E-state index contributed by atoms with van der Waals surface area (Å²) in [4.78, 5) is 11.7. The summed E-state index contributed by atoms with van der Waals surface area (Å²) in [5.74, 6) is -0.126. The summed E-state index contributed by atoms with van der Waals surface area (Å²) in [5, 5.41) is 11.6. The molecule has 6 heteroatoms. The van der Waals surface area contributed by atoms with Crippen molar-refractivity contribution in [3.63, 3.8) is 0 Å². The van der Waals surface area contributed by atoms with Crippen molar-refractivity contribution in [2.45, 2.75) is 19.8 Å². The summed E-state index contributed by atoms with van der Waals surface area (Å²) in [5.41, 5.74) is 0.604. The maximum Gasteiger partial charge on any atom is 0.272 e. The molecule has 1 rings (SSSR count). The molecule has 0 bridgehead atoms. The van der Waals surface area contributed by atoms with Gasteiger partial charge < -0.3 is 10.1 Å². The number of amides is 1. The van der Waals surface area contributed by atoms with Gasteiger partial charge in [-0.25, -0.2) is 8.78 Å². The molecule has 0 saturated heterocycles. The molecule has 0 unspecified atom stereocenters. The zero-order valence-electron chi connectivity index (χ0n) is 11.6. The number of carbonyl (C=O) groups is 1. The van der Waals surface area contributed by atoms with Gasteiger partial charge >= 0.3 is 0 Å². The van der Waals surface area contributed by atoms with Crippen molar-refractivity contribution in [1.29, 1.82) is 5.26 Å². The monoisotopic (exact) mass is 294 g/mol. The van der Waals surface area contributed by atoms with Crippen molar-refractivity contribution in [3.05, 3.63) is 35.4 Å². The molecule has 0 atom stereocenters. The molecule has 112 valence electrons. The summed E-state index contributed by atoms with van der Waals surface area (Å²) in [6.45, 7) is 1.74. The highest BCUT2D eigenvalue weighted by atomic mass is 19.3. The van der Waals surface area contributed by atoms with Gasteiger partial charge in [0.15, 0.2) is 0 Å². The van der Waals surface area contributed by atoms with Gasteiger partial charge in [-0.1, -0.05) is 19.1 Å². The fraction of sp³-hybridized carbons (Fsp3) is 0.333. The fourth-order valence-corrected chi connectivity index (χ4v) is 1.47. The van der Waals surface area contributed by atoms with Crippen LogP contribution in [0.2, 0.25) is 0 Å². The van der Waals surface area contributed by atoms with Gasteiger partial charge in [0.2, 0.25) is 0 Å². The lowest BCUT2D eigenvalue weighted by atomic mass is 10.1. The number of nitrogens with zero attached hydrogens (tertiary/aromatic N) is 1. The number of ether oxygens (including phenoxy) is 1. The van der Waals surface area contributed by atoms with E-state index in [-0.39, 0.29) is 5.57 Å². The zero-order valence-corrected chi connectivity index (χ0v) is 11.6. The lowest BCUT2D eigenvalue weighted by molar-refractivity contribution is -0.117. The zero-order chi connectivity index (χ0) is 15.7. The third-order valence-corrected chi connectivity index (χ3v) is 2.47. The third-order valence-electron chi connectivity index (χ3n) is 2.47. The van der Waals surface area contributed by atoms with Crippen LogP contribution in [0.5, 0.6) is 5.75 Å². The second-order valence-electron chi connectivity index (χ2n) is 4.20. The molecule has 1 aromatic rings. The van der Waals surface area contributed by atoms with E-state index in [4.69, 9.17) is 10.00 Å². The first-order valence-corrected chi connectivity index (χ1v) is 6.47. The van der Waals surface area contributed by atoms with E-state index in [1.807, 2.05) is 13.0 Å². The molecular weight excluding hydrogens is 278 g/mol. The van der Waals surface area contributed by atoms with Gasteiger partial charge in [0.25, 0.3) is 12.3 Å². The van der Waals surface area contributed by atoms with Crippen LogP contribution >= 0.6 is 0 Å². The number of alkyl halides is 2. The SMILES string of the molecule is CCCNC(=O)/C(C#N)=C/c1ccc(OCC(F)F)cc1. The lowest BCUT2D eigenvalue weighted by Crippen LogP contribution is -2.25. The summed E-state index contributed by atoms with van der Waals surface area (Å²) in [6, 6.07) is 8.02. The molecule has 0 fully saturated rings. The van der Waals surface area contributed by atoms with Gasteiger partial charge in [0.05, 0.1) is 0 Å². The largest absolute Gasteiger partial charge is 0.488 e. The quantitative estimate of drug-likeness (QED) is 0.621. The summed E-state index contributed by atoms with van der Waals surface area (Å²) >= 11 is 0. The van der Waals surface area contributed by atoms with Crippen LogP contribution in [0.15, 0.2) is 29.8 Å². The predicted octanol–water partition coefficient (Wildman–Crippen LogP) is 2.76. The van der Waals surface area contributed by atoms with E-state index >= 15 is 0 Å². The Morgan fingerprint density at radius 3 is 2.62 bits per heavy atom. The minimum absolute atomic E-state index is 0.00954. The second kappa shape index (κ2) is 8.69. The van der Waals surface area contributed by atoms with Crippen molar-refractivity contribution in [3.8, 4) is 11.8 Å². The molecule has 0 heterocycles. The molecule has 0 aliphatic carbocycles. The molecule has 1 aromatic carbocycles. The molecule has 0 radical (unpaired) electrons. The minimum Gasteiger partial charge on any atom is -0.488 e. The van der Waals surface area contributed by atoms with Crippen LogP contribution in [0.1, 0.15) is 18.9 Å². The van der Waals surface area contributed by atoms with Gasteiger partial charge in [0, 0.05) is 6.54 Å². The Morgan fingerprint density at radius 2 is 2.10 bits per heavy atom. The number of rotatable bonds is 7. The second-order valence-corrected chi connectivity index (χ2v) is 4.20. The number of benzene rings is 1. The topological polar surface area (TPSA) is 62.1 Å². The predicted molar refractivity (Wildman–Crippen MR) is 74.8 cm³/mol. The fourth-order valence-electron chi connectivity index (χ4n) is 1.47. The highest BCUT2D eigenvalue weighted by molar-refractivity contribution is 6.01. The number of carbonyl (C=O) groups excluding carboxylic acids is 1. The number of halogens is 2. The number of nitriles is 1. The Labute approximate surface area is 122 Å². The van der Waals surface area contributed by atoms with Gasteiger partial charge in [-0.2, -0.15) is 5.26 Å². The first kappa shape index (κ1) is 16.6. The van der Waals surface area contributed by atoms with Crippen LogP contribution in [-0.2, 0) is 4.79 Å². The van der Waals surface area contributed by atoms with Gasteiger partial charge in [-0.05, 0) is 30.2 Å². The highest BCUT2D eigenvalue weighted by Crippen LogP contribution is 2.15. The number of nitrogens with one attached hydrogen (secondary N) is 1. The molecule has 0 saturated carbocycles. The van der Waals surface area contributed by atoms with Crippen LogP contribution in [0.3, 0.4) is 0 Å². The van der Waals surface area contributed by atoms with Crippen LogP contribution < -0.4 is 10.1 Å². The van der Waals surface area contributed by atoms with Gasteiger partial charge in [-0.3, -0.25) is 4.79 Å².